The summed E-state index contributed by atoms with van der Waals surface area (Å²) in [6.07, 6.45) is 0. The third-order valence-electron chi connectivity index (χ3n) is 3.61. The summed E-state index contributed by atoms with van der Waals surface area (Å²) >= 11 is 0. The second-order valence-corrected chi connectivity index (χ2v) is 4.96. The Hall–Kier alpha value is -0.220. The normalized spacial score (nSPS) is 38.6. The predicted octanol–water partition coefficient (Wildman–Crippen LogP) is 0.832. The number of likely N-dealkylation sites (N-methyl/N-ethyl adjacent to an activating group) is 2. The molecule has 0 unspecified atom stereocenters. The molecule has 1 rings (SSSR count). The maximum Gasteiger partial charge on any atom is 0.138 e. The minimum Gasteiger partial charge on any atom is -0.315 e. The van der Waals surface area contributed by atoms with E-state index in [-0.39, 0.29) is 13.3 Å². The van der Waals surface area contributed by atoms with Crippen molar-refractivity contribution in [1.82, 2.24) is 0 Å². The number of quaternary nitrogens is 2. The summed E-state index contributed by atoms with van der Waals surface area (Å²) in [6.45, 7) is 4.61. The standard InChI is InChI=1S/C10H22F2N2/c1-13(5-3-11)7-9-14(2,6-4-12)10-8-13/h3-10H2,1-2H3/q+2. The first-order valence-electron chi connectivity index (χ1n) is 5.33. The molecule has 84 valence electrons. The smallest absolute Gasteiger partial charge is 0.138 e. The highest BCUT2D eigenvalue weighted by Gasteiger charge is 2.36. The Morgan fingerprint density at radius 2 is 1.07 bits per heavy atom. The van der Waals surface area contributed by atoms with Crippen molar-refractivity contribution < 1.29 is 17.7 Å². The van der Waals surface area contributed by atoms with Crippen LogP contribution in [0.15, 0.2) is 0 Å². The van der Waals surface area contributed by atoms with E-state index in [4.69, 9.17) is 0 Å². The Morgan fingerprint density at radius 3 is 1.29 bits per heavy atom. The molecule has 0 aromatic heterocycles. The van der Waals surface area contributed by atoms with Gasteiger partial charge in [0, 0.05) is 0 Å². The minimum absolute atomic E-state index is 0.247. The molecule has 4 heteroatoms. The number of hydrogen-bond donors (Lipinski definition) is 0. The fraction of sp³-hybridized carbons (Fsp3) is 1.00. The van der Waals surface area contributed by atoms with Crippen molar-refractivity contribution >= 4 is 0 Å². The van der Waals surface area contributed by atoms with Crippen molar-refractivity contribution in [2.24, 2.45) is 0 Å². The summed E-state index contributed by atoms with van der Waals surface area (Å²) in [6, 6.07) is 0. The molecule has 0 aromatic rings. The van der Waals surface area contributed by atoms with Gasteiger partial charge in [-0.1, -0.05) is 0 Å². The molecule has 0 aliphatic carbocycles. The molecule has 14 heavy (non-hydrogen) atoms. The highest BCUT2D eigenvalue weighted by molar-refractivity contribution is 4.50. The zero-order chi connectivity index (χ0) is 10.7. The molecule has 0 amide bonds. The van der Waals surface area contributed by atoms with Gasteiger partial charge in [0.15, 0.2) is 0 Å². The van der Waals surface area contributed by atoms with E-state index in [9.17, 15) is 8.78 Å². The molecule has 1 fully saturated rings. The van der Waals surface area contributed by atoms with Gasteiger partial charge in [-0.3, -0.25) is 0 Å². The van der Waals surface area contributed by atoms with Crippen molar-refractivity contribution in [3.63, 3.8) is 0 Å². The molecule has 1 aliphatic rings. The lowest BCUT2D eigenvalue weighted by atomic mass is 10.2. The summed E-state index contributed by atoms with van der Waals surface area (Å²) < 4.78 is 26.2. The van der Waals surface area contributed by atoms with Gasteiger partial charge in [-0.2, -0.15) is 0 Å². The van der Waals surface area contributed by atoms with Gasteiger partial charge in [-0.15, -0.1) is 0 Å². The summed E-state index contributed by atoms with van der Waals surface area (Å²) in [5.74, 6) is 0. The van der Waals surface area contributed by atoms with E-state index in [2.05, 4.69) is 14.1 Å². The van der Waals surface area contributed by atoms with Crippen molar-refractivity contribution in [3.8, 4) is 0 Å². The maximum absolute atomic E-state index is 12.3. The van der Waals surface area contributed by atoms with Crippen LogP contribution in [-0.4, -0.2) is 75.7 Å². The fourth-order valence-electron chi connectivity index (χ4n) is 2.04. The Kier molecular flexibility index (Phi) is 3.84. The number of nitrogens with zero attached hydrogens (tertiary/aromatic N) is 2. The first-order chi connectivity index (χ1) is 6.54. The molecule has 0 atom stereocenters. The van der Waals surface area contributed by atoms with Crippen LogP contribution < -0.4 is 0 Å². The van der Waals surface area contributed by atoms with Gasteiger partial charge in [-0.25, -0.2) is 8.78 Å². The van der Waals surface area contributed by atoms with Gasteiger partial charge >= 0.3 is 0 Å². The van der Waals surface area contributed by atoms with Gasteiger partial charge in [0.25, 0.3) is 0 Å². The Morgan fingerprint density at radius 1 is 0.786 bits per heavy atom. The Balaban J connectivity index is 2.44. The molecule has 0 aromatic carbocycles. The van der Waals surface area contributed by atoms with Crippen LogP contribution in [0.4, 0.5) is 8.78 Å². The average molecular weight is 208 g/mol. The van der Waals surface area contributed by atoms with Crippen molar-refractivity contribution in [3.05, 3.63) is 0 Å². The average Bonchev–Trinajstić information content (AvgIpc) is 2.13. The number of rotatable bonds is 4. The van der Waals surface area contributed by atoms with Crippen LogP contribution >= 0.6 is 0 Å². The van der Waals surface area contributed by atoms with Gasteiger partial charge < -0.3 is 8.97 Å². The predicted molar refractivity (Wildman–Crippen MR) is 53.5 cm³/mol. The van der Waals surface area contributed by atoms with Crippen LogP contribution in [0.5, 0.6) is 0 Å². The van der Waals surface area contributed by atoms with E-state index in [1.54, 1.807) is 0 Å². The number of alkyl halides is 2. The molecule has 1 heterocycles. The lowest BCUT2D eigenvalue weighted by Crippen LogP contribution is -2.64. The van der Waals surface area contributed by atoms with Crippen LogP contribution in [0.2, 0.25) is 0 Å². The number of piperazine rings is 1. The molecule has 0 spiro atoms. The summed E-state index contributed by atoms with van der Waals surface area (Å²) in [5, 5.41) is 0. The SMILES string of the molecule is C[N+]1(CCF)CC[N+](C)(CCF)CC1. The number of hydrogen-bond acceptors (Lipinski definition) is 0. The Bertz CT molecular complexity index is 157. The van der Waals surface area contributed by atoms with Crippen LogP contribution in [-0.2, 0) is 0 Å². The summed E-state index contributed by atoms with van der Waals surface area (Å²) in [4.78, 5) is 0. The fourth-order valence-corrected chi connectivity index (χ4v) is 2.04. The molecular formula is C10H22F2N2+2. The van der Waals surface area contributed by atoms with Gasteiger partial charge in [-0.05, 0) is 0 Å². The molecule has 1 aliphatic heterocycles. The zero-order valence-electron chi connectivity index (χ0n) is 9.31. The molecule has 0 N–H and O–H groups in total. The van der Waals surface area contributed by atoms with Crippen LogP contribution in [0.1, 0.15) is 0 Å². The van der Waals surface area contributed by atoms with Crippen LogP contribution in [0.25, 0.3) is 0 Å². The third kappa shape index (κ3) is 2.89. The zero-order valence-corrected chi connectivity index (χ0v) is 9.31. The molecule has 0 bridgehead atoms. The van der Waals surface area contributed by atoms with Gasteiger partial charge in [0.1, 0.15) is 52.6 Å². The van der Waals surface area contributed by atoms with E-state index in [1.807, 2.05) is 0 Å². The lowest BCUT2D eigenvalue weighted by Gasteiger charge is -2.45. The summed E-state index contributed by atoms with van der Waals surface area (Å²) in [5.41, 5.74) is 0. The van der Waals surface area contributed by atoms with Crippen LogP contribution in [0, 0.1) is 0 Å². The van der Waals surface area contributed by atoms with Crippen molar-refractivity contribution in [1.29, 1.82) is 0 Å². The van der Waals surface area contributed by atoms with Gasteiger partial charge in [0.05, 0.1) is 14.1 Å². The largest absolute Gasteiger partial charge is 0.315 e. The molecule has 0 saturated carbocycles. The summed E-state index contributed by atoms with van der Waals surface area (Å²) in [7, 11) is 4.19. The third-order valence-corrected chi connectivity index (χ3v) is 3.61. The van der Waals surface area contributed by atoms with Crippen molar-refractivity contribution in [2.45, 2.75) is 0 Å². The second-order valence-electron chi connectivity index (χ2n) is 4.96. The van der Waals surface area contributed by atoms with Crippen LogP contribution in [0.3, 0.4) is 0 Å². The molecule has 0 radical (unpaired) electrons. The number of halogens is 2. The van der Waals surface area contributed by atoms with Gasteiger partial charge in [0.2, 0.25) is 0 Å². The van der Waals surface area contributed by atoms with Crippen molar-refractivity contribution in [2.75, 3.05) is 66.7 Å². The maximum atomic E-state index is 12.3. The monoisotopic (exact) mass is 208 g/mol. The second kappa shape index (κ2) is 4.53. The topological polar surface area (TPSA) is 0 Å². The lowest BCUT2D eigenvalue weighted by molar-refractivity contribution is -1.01. The minimum atomic E-state index is -0.247. The highest BCUT2D eigenvalue weighted by atomic mass is 19.1. The molecule has 1 saturated heterocycles. The quantitative estimate of drug-likeness (QED) is 0.600. The van der Waals surface area contributed by atoms with E-state index in [0.29, 0.717) is 13.1 Å². The molecular weight excluding hydrogens is 186 g/mol. The first kappa shape index (κ1) is 11.9. The molecule has 2 nitrogen and oxygen atoms in total. The van der Waals surface area contributed by atoms with E-state index < -0.39 is 0 Å². The van der Waals surface area contributed by atoms with E-state index >= 15 is 0 Å². The highest BCUT2D eigenvalue weighted by Crippen LogP contribution is 2.15. The van der Waals surface area contributed by atoms with E-state index in [1.165, 1.54) is 0 Å². The first-order valence-corrected chi connectivity index (χ1v) is 5.33. The van der Waals surface area contributed by atoms with E-state index in [0.717, 1.165) is 35.1 Å². The Labute approximate surface area is 85.3 Å².